The highest BCUT2D eigenvalue weighted by atomic mass is 32.2. The molecule has 1 amide bonds. The van der Waals surface area contributed by atoms with E-state index in [1.54, 1.807) is 0 Å². The maximum absolute atomic E-state index is 12.2. The third-order valence-corrected chi connectivity index (χ3v) is 6.21. The molecule has 1 heterocycles. The molecule has 0 saturated heterocycles. The lowest BCUT2D eigenvalue weighted by Crippen LogP contribution is -2.28. The van der Waals surface area contributed by atoms with Crippen LogP contribution in [0.2, 0.25) is 0 Å². The molecule has 2 aromatic carbocycles. The molecule has 0 aliphatic carbocycles. The molecule has 28 heavy (non-hydrogen) atoms. The summed E-state index contributed by atoms with van der Waals surface area (Å²) in [4.78, 5) is 12.2. The third-order valence-electron chi connectivity index (χ3n) is 4.24. The van der Waals surface area contributed by atoms with Crippen LogP contribution in [0, 0.1) is 0 Å². The zero-order chi connectivity index (χ0) is 19.9. The molecule has 0 bridgehead atoms. The summed E-state index contributed by atoms with van der Waals surface area (Å²) in [5.41, 5.74) is 3.37. The van der Waals surface area contributed by atoms with Gasteiger partial charge >= 0.3 is 0 Å². The summed E-state index contributed by atoms with van der Waals surface area (Å²) in [7, 11) is 0. The highest BCUT2D eigenvalue weighted by molar-refractivity contribution is 8.01. The van der Waals surface area contributed by atoms with Crippen LogP contribution in [0.15, 0.2) is 58.9 Å². The zero-order valence-corrected chi connectivity index (χ0v) is 17.8. The summed E-state index contributed by atoms with van der Waals surface area (Å²) in [5.74, 6) is 0.805. The minimum Gasteiger partial charge on any atom is -0.349 e. The fraction of sp³-hybridized carbons (Fsp3) is 0.286. The summed E-state index contributed by atoms with van der Waals surface area (Å²) in [6.07, 6.45) is 0. The highest BCUT2D eigenvalue weighted by Crippen LogP contribution is 2.28. The van der Waals surface area contributed by atoms with Gasteiger partial charge in [0.25, 0.3) is 0 Å². The summed E-state index contributed by atoms with van der Waals surface area (Å²) in [6, 6.07) is 18.2. The fourth-order valence-electron chi connectivity index (χ4n) is 2.63. The number of rotatable bonds is 8. The number of amides is 1. The average Bonchev–Trinajstić information content (AvgIpc) is 3.15. The first-order valence-corrected chi connectivity index (χ1v) is 11.0. The number of carbonyl (C=O) groups is 1. The molecular weight excluding hydrogens is 388 g/mol. The Kier molecular flexibility index (Phi) is 7.06. The maximum atomic E-state index is 12.2. The van der Waals surface area contributed by atoms with Crippen LogP contribution in [-0.2, 0) is 4.79 Å². The van der Waals surface area contributed by atoms with Gasteiger partial charge in [-0.3, -0.25) is 4.79 Å². The van der Waals surface area contributed by atoms with Crippen LogP contribution in [0.3, 0.4) is 0 Å². The van der Waals surface area contributed by atoms with Crippen molar-refractivity contribution in [3.8, 4) is 0 Å². The summed E-state index contributed by atoms with van der Waals surface area (Å²) >= 11 is 2.84. The van der Waals surface area contributed by atoms with Crippen LogP contribution < -0.4 is 10.6 Å². The first-order chi connectivity index (χ1) is 13.5. The minimum absolute atomic E-state index is 0.0182. The first kappa shape index (κ1) is 20.4. The van der Waals surface area contributed by atoms with Crippen molar-refractivity contribution >= 4 is 39.8 Å². The Balaban J connectivity index is 1.48. The van der Waals surface area contributed by atoms with Gasteiger partial charge in [-0.1, -0.05) is 79.4 Å². The number of nitrogens with one attached hydrogen (secondary N) is 2. The van der Waals surface area contributed by atoms with Gasteiger partial charge in [0.1, 0.15) is 0 Å². The topological polar surface area (TPSA) is 66.9 Å². The van der Waals surface area contributed by atoms with Gasteiger partial charge in [-0.25, -0.2) is 0 Å². The Morgan fingerprint density at radius 2 is 1.71 bits per heavy atom. The molecule has 0 unspecified atom stereocenters. The van der Waals surface area contributed by atoms with Gasteiger partial charge < -0.3 is 10.6 Å². The molecule has 1 atom stereocenters. The van der Waals surface area contributed by atoms with E-state index in [9.17, 15) is 4.79 Å². The predicted octanol–water partition coefficient (Wildman–Crippen LogP) is 5.37. The minimum atomic E-state index is -0.0187. The molecule has 3 aromatic rings. The Morgan fingerprint density at radius 3 is 2.39 bits per heavy atom. The van der Waals surface area contributed by atoms with Crippen LogP contribution in [0.25, 0.3) is 0 Å². The number of carbonyl (C=O) groups excluding carboxylic acids is 1. The molecule has 0 fully saturated rings. The first-order valence-electron chi connectivity index (χ1n) is 9.19. The molecule has 3 rings (SSSR count). The van der Waals surface area contributed by atoms with E-state index in [1.165, 1.54) is 28.7 Å². The second-order valence-electron chi connectivity index (χ2n) is 6.76. The zero-order valence-electron chi connectivity index (χ0n) is 16.2. The number of anilines is 2. The van der Waals surface area contributed by atoms with Crippen molar-refractivity contribution in [1.82, 2.24) is 15.5 Å². The van der Waals surface area contributed by atoms with Gasteiger partial charge in [-0.05, 0) is 36.1 Å². The molecule has 146 valence electrons. The maximum Gasteiger partial charge on any atom is 0.230 e. The standard InChI is InChI=1S/C21H24N4OS2/c1-14(2)16-9-11-18(12-10-16)23-20-24-25-21(28-20)27-13-19(26)22-15(3)17-7-5-4-6-8-17/h4-12,14-15H,13H2,1-3H3,(H,22,26)(H,23,24)/t15-/m0/s1. The van der Waals surface area contributed by atoms with Gasteiger partial charge in [-0.15, -0.1) is 10.2 Å². The van der Waals surface area contributed by atoms with Crippen LogP contribution in [-0.4, -0.2) is 21.9 Å². The smallest absolute Gasteiger partial charge is 0.230 e. The van der Waals surface area contributed by atoms with Crippen LogP contribution in [0.5, 0.6) is 0 Å². The molecule has 1 aromatic heterocycles. The molecule has 5 nitrogen and oxygen atoms in total. The van der Waals surface area contributed by atoms with Gasteiger partial charge in [0.15, 0.2) is 4.34 Å². The summed E-state index contributed by atoms with van der Waals surface area (Å²) in [6.45, 7) is 6.33. The molecule has 7 heteroatoms. The Hall–Kier alpha value is -2.38. The lowest BCUT2D eigenvalue weighted by atomic mass is 10.0. The van der Waals surface area contributed by atoms with Crippen molar-refractivity contribution in [2.45, 2.75) is 37.1 Å². The second-order valence-corrected chi connectivity index (χ2v) is 8.96. The summed E-state index contributed by atoms with van der Waals surface area (Å²) < 4.78 is 0.767. The molecule has 0 spiro atoms. The number of benzene rings is 2. The normalized spacial score (nSPS) is 12.0. The van der Waals surface area contributed by atoms with Crippen molar-refractivity contribution in [3.63, 3.8) is 0 Å². The lowest BCUT2D eigenvalue weighted by Gasteiger charge is -2.13. The van der Waals surface area contributed by atoms with Gasteiger partial charge in [-0.2, -0.15) is 0 Å². The van der Waals surface area contributed by atoms with Crippen molar-refractivity contribution in [3.05, 3.63) is 65.7 Å². The molecule has 0 radical (unpaired) electrons. The second kappa shape index (κ2) is 9.71. The monoisotopic (exact) mass is 412 g/mol. The number of thioether (sulfide) groups is 1. The molecular formula is C21H24N4OS2. The Morgan fingerprint density at radius 1 is 1.00 bits per heavy atom. The van der Waals surface area contributed by atoms with Crippen molar-refractivity contribution in [2.75, 3.05) is 11.1 Å². The van der Waals surface area contributed by atoms with E-state index < -0.39 is 0 Å². The average molecular weight is 413 g/mol. The molecule has 0 aliphatic rings. The van der Waals surface area contributed by atoms with E-state index in [4.69, 9.17) is 0 Å². The van der Waals surface area contributed by atoms with Crippen LogP contribution in [0.1, 0.15) is 43.9 Å². The quantitative estimate of drug-likeness (QED) is 0.487. The highest BCUT2D eigenvalue weighted by Gasteiger charge is 2.12. The fourth-order valence-corrected chi connectivity index (χ4v) is 4.21. The van der Waals surface area contributed by atoms with Crippen LogP contribution in [0.4, 0.5) is 10.8 Å². The number of aromatic nitrogens is 2. The van der Waals surface area contributed by atoms with Crippen molar-refractivity contribution < 1.29 is 4.79 Å². The van der Waals surface area contributed by atoms with Crippen molar-refractivity contribution in [2.24, 2.45) is 0 Å². The van der Waals surface area contributed by atoms with E-state index in [1.807, 2.05) is 49.4 Å². The van der Waals surface area contributed by atoms with Crippen molar-refractivity contribution in [1.29, 1.82) is 0 Å². The molecule has 0 aliphatic heterocycles. The number of hydrogen-bond donors (Lipinski definition) is 2. The lowest BCUT2D eigenvalue weighted by molar-refractivity contribution is -0.119. The predicted molar refractivity (Wildman–Crippen MR) is 117 cm³/mol. The van der Waals surface area contributed by atoms with E-state index in [0.29, 0.717) is 11.7 Å². The molecule has 2 N–H and O–H groups in total. The van der Waals surface area contributed by atoms with E-state index in [-0.39, 0.29) is 11.9 Å². The van der Waals surface area contributed by atoms with Gasteiger partial charge in [0, 0.05) is 5.69 Å². The summed E-state index contributed by atoms with van der Waals surface area (Å²) in [5, 5.41) is 15.3. The number of nitrogens with zero attached hydrogens (tertiary/aromatic N) is 2. The van der Waals surface area contributed by atoms with Gasteiger partial charge in [0.05, 0.1) is 11.8 Å². The SMILES string of the molecule is CC(C)c1ccc(Nc2nnc(SCC(=O)N[C@@H](C)c3ccccc3)s2)cc1. The molecule has 0 saturated carbocycles. The largest absolute Gasteiger partial charge is 0.349 e. The third kappa shape index (κ3) is 5.81. The van der Waals surface area contributed by atoms with Gasteiger partial charge in [0.2, 0.25) is 11.0 Å². The van der Waals surface area contributed by atoms with E-state index >= 15 is 0 Å². The van der Waals surface area contributed by atoms with Crippen LogP contribution >= 0.6 is 23.1 Å². The Bertz CT molecular complexity index is 894. The number of hydrogen-bond acceptors (Lipinski definition) is 6. The Labute approximate surface area is 174 Å². The van der Waals surface area contributed by atoms with E-state index in [0.717, 1.165) is 20.7 Å². The van der Waals surface area contributed by atoms with E-state index in [2.05, 4.69) is 46.8 Å².